The number of hydrogen-bond donors (Lipinski definition) is 3. The lowest BCUT2D eigenvalue weighted by molar-refractivity contribution is -0.121. The van der Waals surface area contributed by atoms with Gasteiger partial charge in [-0.05, 0) is 71.6 Å². The number of carboxylic acids is 1. The molecule has 1 aliphatic heterocycles. The van der Waals surface area contributed by atoms with E-state index in [2.05, 4.69) is 25.6 Å². The number of aromatic carboxylic acids is 1. The molecule has 4 heterocycles. The average Bonchev–Trinajstić information content (AvgIpc) is 3.75. The third-order valence-electron chi connectivity index (χ3n) is 7.93. The van der Waals surface area contributed by atoms with E-state index >= 15 is 0 Å². The highest BCUT2D eigenvalue weighted by atomic mass is 35.5. The number of carbonyl (C=O) groups excluding carboxylic acids is 2. The predicted octanol–water partition coefficient (Wildman–Crippen LogP) is 5.68. The fraction of sp³-hybridized carbons (Fsp3) is 0.0909. The summed E-state index contributed by atoms with van der Waals surface area (Å²) in [7, 11) is 0. The molecule has 2 amide bonds. The summed E-state index contributed by atoms with van der Waals surface area (Å²) in [5, 5.41) is 20.9. The van der Waals surface area contributed by atoms with Gasteiger partial charge in [0, 0.05) is 35.6 Å². The number of halogens is 2. The van der Waals surface area contributed by atoms with Crippen LogP contribution in [0.25, 0.3) is 27.8 Å². The summed E-state index contributed by atoms with van der Waals surface area (Å²) < 4.78 is 15.8. The van der Waals surface area contributed by atoms with Gasteiger partial charge in [-0.3, -0.25) is 9.59 Å². The van der Waals surface area contributed by atoms with Crippen LogP contribution in [0.5, 0.6) is 0 Å². The molecule has 6 aromatic rings. The Hall–Kier alpha value is -5.88. The SMILES string of the molecule is O=C(O)c1ccc(NC(=O)C2c3cccc(-c4cnc5[nH]ccc5c4)c3CCN2C(=O)c2cn(-c3cccc(Cl)c3F)nn2)cc1. The van der Waals surface area contributed by atoms with E-state index in [4.69, 9.17) is 11.6 Å². The number of benzene rings is 3. The Morgan fingerprint density at radius 1 is 1.04 bits per heavy atom. The van der Waals surface area contributed by atoms with Crippen LogP contribution in [-0.4, -0.2) is 59.3 Å². The number of carbonyl (C=O) groups is 3. The number of pyridine rings is 1. The lowest BCUT2D eigenvalue weighted by Gasteiger charge is -2.37. The molecule has 0 fully saturated rings. The van der Waals surface area contributed by atoms with Crippen molar-refractivity contribution in [2.24, 2.45) is 0 Å². The molecule has 13 heteroatoms. The molecule has 3 N–H and O–H groups in total. The monoisotopic (exact) mass is 635 g/mol. The molecule has 1 unspecified atom stereocenters. The van der Waals surface area contributed by atoms with Crippen molar-refractivity contribution in [3.8, 4) is 16.8 Å². The highest BCUT2D eigenvalue weighted by Gasteiger charge is 2.38. The molecule has 228 valence electrons. The normalized spacial score (nSPS) is 14.2. The Bertz CT molecular complexity index is 2160. The van der Waals surface area contributed by atoms with Gasteiger partial charge in [0.1, 0.15) is 17.4 Å². The van der Waals surface area contributed by atoms with Gasteiger partial charge in [0.2, 0.25) is 0 Å². The second-order valence-electron chi connectivity index (χ2n) is 10.7. The Morgan fingerprint density at radius 2 is 1.85 bits per heavy atom. The van der Waals surface area contributed by atoms with Crippen molar-refractivity contribution in [1.82, 2.24) is 29.9 Å². The van der Waals surface area contributed by atoms with E-state index < -0.39 is 29.6 Å². The van der Waals surface area contributed by atoms with Gasteiger partial charge in [-0.25, -0.2) is 18.9 Å². The maximum atomic E-state index is 14.7. The minimum Gasteiger partial charge on any atom is -0.478 e. The average molecular weight is 636 g/mol. The van der Waals surface area contributed by atoms with E-state index in [1.165, 1.54) is 47.5 Å². The minimum absolute atomic E-state index is 0.0137. The minimum atomic E-state index is -1.10. The third-order valence-corrected chi connectivity index (χ3v) is 8.22. The molecule has 3 aromatic carbocycles. The molecule has 0 spiro atoms. The van der Waals surface area contributed by atoms with Crippen molar-refractivity contribution >= 4 is 46.1 Å². The lowest BCUT2D eigenvalue weighted by Crippen LogP contribution is -2.45. The highest BCUT2D eigenvalue weighted by Crippen LogP contribution is 2.38. The largest absolute Gasteiger partial charge is 0.478 e. The summed E-state index contributed by atoms with van der Waals surface area (Å²) in [5.74, 6) is -2.91. The number of nitrogens with zero attached hydrogens (tertiary/aromatic N) is 5. The van der Waals surface area contributed by atoms with E-state index in [1.807, 2.05) is 30.5 Å². The zero-order valence-electron chi connectivity index (χ0n) is 23.8. The van der Waals surface area contributed by atoms with Gasteiger partial charge in [0.05, 0.1) is 16.8 Å². The molecule has 0 saturated heterocycles. The number of hydrogen-bond acceptors (Lipinski definition) is 6. The molecule has 11 nitrogen and oxygen atoms in total. The van der Waals surface area contributed by atoms with Crippen LogP contribution < -0.4 is 5.32 Å². The van der Waals surface area contributed by atoms with Gasteiger partial charge in [-0.15, -0.1) is 5.10 Å². The first-order valence-corrected chi connectivity index (χ1v) is 14.5. The van der Waals surface area contributed by atoms with Crippen LogP contribution in [0.2, 0.25) is 5.02 Å². The lowest BCUT2D eigenvalue weighted by atomic mass is 9.86. The van der Waals surface area contributed by atoms with Gasteiger partial charge in [0.25, 0.3) is 11.8 Å². The van der Waals surface area contributed by atoms with Crippen LogP contribution in [0.1, 0.15) is 38.0 Å². The van der Waals surface area contributed by atoms with Crippen LogP contribution in [-0.2, 0) is 11.2 Å². The van der Waals surface area contributed by atoms with Gasteiger partial charge >= 0.3 is 5.97 Å². The van der Waals surface area contributed by atoms with Crippen LogP contribution >= 0.6 is 11.6 Å². The van der Waals surface area contributed by atoms with E-state index in [-0.39, 0.29) is 28.5 Å². The number of anilines is 1. The molecule has 1 atom stereocenters. The third kappa shape index (κ3) is 5.14. The second kappa shape index (κ2) is 11.6. The second-order valence-corrected chi connectivity index (χ2v) is 11.1. The summed E-state index contributed by atoms with van der Waals surface area (Å²) in [5.41, 5.74) is 4.33. The number of carboxylic acid groups (broad SMARTS) is 1. The van der Waals surface area contributed by atoms with E-state index in [1.54, 1.807) is 18.3 Å². The summed E-state index contributed by atoms with van der Waals surface area (Å²) in [6.07, 6.45) is 5.29. The quantitative estimate of drug-likeness (QED) is 0.213. The molecule has 0 bridgehead atoms. The predicted molar refractivity (Wildman–Crippen MR) is 167 cm³/mol. The van der Waals surface area contributed by atoms with E-state index in [0.29, 0.717) is 17.7 Å². The van der Waals surface area contributed by atoms with Crippen molar-refractivity contribution in [3.05, 3.63) is 125 Å². The van der Waals surface area contributed by atoms with Crippen molar-refractivity contribution < 1.29 is 23.9 Å². The first-order chi connectivity index (χ1) is 22.3. The first-order valence-electron chi connectivity index (χ1n) is 14.2. The molecular formula is C33H23ClFN7O4. The number of rotatable bonds is 6. The van der Waals surface area contributed by atoms with Crippen molar-refractivity contribution in [1.29, 1.82) is 0 Å². The van der Waals surface area contributed by atoms with E-state index in [0.717, 1.165) is 32.4 Å². The van der Waals surface area contributed by atoms with Crippen molar-refractivity contribution in [2.45, 2.75) is 12.5 Å². The summed E-state index contributed by atoms with van der Waals surface area (Å²) >= 11 is 5.94. The molecule has 7 rings (SSSR count). The number of aromatic nitrogens is 5. The zero-order valence-corrected chi connectivity index (χ0v) is 24.6. The van der Waals surface area contributed by atoms with Crippen LogP contribution in [0.4, 0.5) is 10.1 Å². The zero-order chi connectivity index (χ0) is 31.9. The fourth-order valence-electron chi connectivity index (χ4n) is 5.73. The fourth-order valence-corrected chi connectivity index (χ4v) is 5.90. The summed E-state index contributed by atoms with van der Waals surface area (Å²) in [6.45, 7) is 0.164. The Balaban J connectivity index is 1.27. The van der Waals surface area contributed by atoms with Crippen LogP contribution in [0.3, 0.4) is 0 Å². The Labute approximate surface area is 265 Å². The number of H-pyrrole nitrogens is 1. The smallest absolute Gasteiger partial charge is 0.335 e. The number of aromatic amines is 1. The molecule has 3 aromatic heterocycles. The summed E-state index contributed by atoms with van der Waals surface area (Å²) in [4.78, 5) is 48.4. The molecular weight excluding hydrogens is 613 g/mol. The van der Waals surface area contributed by atoms with Crippen LogP contribution in [0.15, 0.2) is 91.4 Å². The Kier molecular flexibility index (Phi) is 7.26. The number of amides is 2. The van der Waals surface area contributed by atoms with Gasteiger partial charge in [-0.1, -0.05) is 41.1 Å². The molecule has 0 saturated carbocycles. The van der Waals surface area contributed by atoms with E-state index in [9.17, 15) is 23.9 Å². The molecule has 46 heavy (non-hydrogen) atoms. The summed E-state index contributed by atoms with van der Waals surface area (Å²) in [6, 6.07) is 18.6. The molecule has 1 aliphatic rings. The molecule has 0 radical (unpaired) electrons. The maximum Gasteiger partial charge on any atom is 0.335 e. The molecule has 0 aliphatic carbocycles. The number of nitrogens with one attached hydrogen (secondary N) is 2. The van der Waals surface area contributed by atoms with Crippen molar-refractivity contribution in [2.75, 3.05) is 11.9 Å². The van der Waals surface area contributed by atoms with Crippen molar-refractivity contribution in [3.63, 3.8) is 0 Å². The number of fused-ring (bicyclic) bond motifs is 2. The van der Waals surface area contributed by atoms with Gasteiger partial charge < -0.3 is 20.3 Å². The Morgan fingerprint density at radius 3 is 2.65 bits per heavy atom. The van der Waals surface area contributed by atoms with Crippen LogP contribution in [0, 0.1) is 5.82 Å². The maximum absolute atomic E-state index is 14.7. The first kappa shape index (κ1) is 28.9. The topological polar surface area (TPSA) is 146 Å². The van der Waals surface area contributed by atoms with Gasteiger partial charge in [-0.2, -0.15) is 0 Å². The standard InChI is InChI=1S/C33H23ClFN7O4/c34-25-5-2-6-27(28(25)35)42-17-26(39-40-42)32(44)41-14-12-23-22(20-15-19-11-13-36-30(19)37-16-20)3-1-4-24(23)29(41)31(43)38-21-9-7-18(8-10-21)33(45)46/h1-11,13,15-17,29H,12,14H2,(H,36,37)(H,38,43)(H,45,46). The highest BCUT2D eigenvalue weighted by molar-refractivity contribution is 6.30. The van der Waals surface area contributed by atoms with Gasteiger partial charge in [0.15, 0.2) is 11.5 Å².